The quantitative estimate of drug-likeness (QED) is 0.118. The monoisotopic (exact) mass is 1140 g/mol. The van der Waals surface area contributed by atoms with Gasteiger partial charge in [0.2, 0.25) is 0 Å². The van der Waals surface area contributed by atoms with Crippen LogP contribution in [0.2, 0.25) is 0 Å². The Bertz CT molecular complexity index is 1630. The summed E-state index contributed by atoms with van der Waals surface area (Å²) in [7, 11) is 0. The van der Waals surface area contributed by atoms with E-state index in [-0.39, 0.29) is 0 Å². The zero-order chi connectivity index (χ0) is 37.8. The van der Waals surface area contributed by atoms with Crippen molar-refractivity contribution in [1.82, 2.24) is 19.9 Å². The molecule has 4 aromatic heterocycles. The molecule has 268 valence electrons. The summed E-state index contributed by atoms with van der Waals surface area (Å²) >= 11 is 7.65. The number of hydrogen-bond acceptors (Lipinski definition) is 8. The van der Waals surface area contributed by atoms with Gasteiger partial charge in [0.05, 0.1) is 0 Å². The highest BCUT2D eigenvalue weighted by molar-refractivity contribution is 14.1. The lowest BCUT2D eigenvalue weighted by Gasteiger charge is -2.35. The van der Waals surface area contributed by atoms with Gasteiger partial charge in [-0.15, -0.1) is 0 Å². The molecule has 0 bridgehead atoms. The standard InChI is InChI=1S/2C10H10I2O2.2C10H8N2/c2*11-7-5-9(13)1-2-10(14,4-3-9)6-8-12;2*1-5-11-6-2-9(1)10-3-7-12-8-4-10/h2*13-14H,1-4H2;2*1-8H. The van der Waals surface area contributed by atoms with Gasteiger partial charge in [0.1, 0.15) is 22.4 Å². The lowest BCUT2D eigenvalue weighted by molar-refractivity contribution is -0.0218. The highest BCUT2D eigenvalue weighted by Gasteiger charge is 2.39. The molecule has 2 aliphatic carbocycles. The molecule has 4 N–H and O–H groups in total. The van der Waals surface area contributed by atoms with Gasteiger partial charge in [0.15, 0.2) is 0 Å². The van der Waals surface area contributed by atoms with Crippen molar-refractivity contribution in [3.63, 3.8) is 0 Å². The summed E-state index contributed by atoms with van der Waals surface area (Å²) in [6, 6.07) is 15.9. The largest absolute Gasteiger partial charge is 0.378 e. The maximum atomic E-state index is 9.93. The predicted molar refractivity (Wildman–Crippen MR) is 239 cm³/mol. The first kappa shape index (κ1) is 44.0. The van der Waals surface area contributed by atoms with Crippen molar-refractivity contribution in [2.75, 3.05) is 0 Å². The van der Waals surface area contributed by atoms with Crippen molar-refractivity contribution < 1.29 is 20.4 Å². The maximum absolute atomic E-state index is 9.93. The number of pyridine rings is 4. The molecule has 52 heavy (non-hydrogen) atoms. The Morgan fingerprint density at radius 3 is 0.635 bits per heavy atom. The van der Waals surface area contributed by atoms with E-state index in [2.05, 4.69) is 59.3 Å². The van der Waals surface area contributed by atoms with Crippen LogP contribution in [0.15, 0.2) is 98.1 Å². The molecular weight excluding hydrogens is 1110 g/mol. The van der Waals surface area contributed by atoms with Crippen LogP contribution in [-0.4, -0.2) is 62.8 Å². The minimum absolute atomic E-state index is 0.491. The topological polar surface area (TPSA) is 132 Å². The summed E-state index contributed by atoms with van der Waals surface area (Å²) in [5.74, 6) is 11.1. The first-order valence-electron chi connectivity index (χ1n) is 16.0. The molecule has 0 amide bonds. The van der Waals surface area contributed by atoms with E-state index in [0.29, 0.717) is 51.4 Å². The van der Waals surface area contributed by atoms with E-state index in [9.17, 15) is 20.4 Å². The zero-order valence-electron chi connectivity index (χ0n) is 28.0. The van der Waals surface area contributed by atoms with Crippen molar-refractivity contribution >= 4 is 90.4 Å². The van der Waals surface area contributed by atoms with E-state index in [1.54, 1.807) is 49.6 Å². The molecule has 0 aromatic carbocycles. The van der Waals surface area contributed by atoms with Crippen LogP contribution in [0.5, 0.6) is 0 Å². The van der Waals surface area contributed by atoms with E-state index in [1.165, 1.54) is 22.3 Å². The summed E-state index contributed by atoms with van der Waals surface area (Å²) in [6.07, 6.45) is 18.2. The van der Waals surface area contributed by atoms with Gasteiger partial charge in [0, 0.05) is 140 Å². The fourth-order valence-electron chi connectivity index (χ4n) is 5.18. The molecule has 0 saturated heterocycles. The summed E-state index contributed by atoms with van der Waals surface area (Å²) in [6.45, 7) is 0. The van der Waals surface area contributed by atoms with Gasteiger partial charge in [-0.1, -0.05) is 23.7 Å². The smallest absolute Gasteiger partial charge is 0.126 e. The normalized spacial score (nSPS) is 24.0. The second kappa shape index (κ2) is 22.7. The van der Waals surface area contributed by atoms with E-state index in [1.807, 2.05) is 139 Å². The molecule has 12 heteroatoms. The van der Waals surface area contributed by atoms with E-state index >= 15 is 0 Å². The average molecular weight is 1140 g/mol. The van der Waals surface area contributed by atoms with Crippen LogP contribution in [-0.2, 0) is 0 Å². The Kier molecular flexibility index (Phi) is 19.2. The fraction of sp³-hybridized carbons (Fsp3) is 0.300. The molecule has 4 heterocycles. The maximum Gasteiger partial charge on any atom is 0.126 e. The number of rotatable bonds is 2. The van der Waals surface area contributed by atoms with Crippen molar-refractivity contribution in [1.29, 1.82) is 0 Å². The van der Waals surface area contributed by atoms with Crippen LogP contribution < -0.4 is 0 Å². The first-order valence-corrected chi connectivity index (χ1v) is 20.3. The lowest BCUT2D eigenvalue weighted by atomic mass is 9.77. The van der Waals surface area contributed by atoms with E-state index in [4.69, 9.17) is 0 Å². The number of hydrogen-bond donors (Lipinski definition) is 4. The minimum Gasteiger partial charge on any atom is -0.378 e. The summed E-state index contributed by atoms with van der Waals surface area (Å²) in [5.41, 5.74) is 1.03. The van der Waals surface area contributed by atoms with Crippen LogP contribution >= 0.6 is 90.4 Å². The van der Waals surface area contributed by atoms with Crippen LogP contribution in [0.1, 0.15) is 51.4 Å². The molecule has 2 fully saturated rings. The third kappa shape index (κ3) is 15.5. The highest BCUT2D eigenvalue weighted by Crippen LogP contribution is 2.35. The molecule has 8 nitrogen and oxygen atoms in total. The molecule has 6 rings (SSSR count). The van der Waals surface area contributed by atoms with Gasteiger partial charge < -0.3 is 20.4 Å². The van der Waals surface area contributed by atoms with Crippen LogP contribution in [0, 0.1) is 39.4 Å². The Balaban J connectivity index is 0.000000187. The van der Waals surface area contributed by atoms with Crippen LogP contribution in [0.25, 0.3) is 22.3 Å². The molecule has 0 aliphatic heterocycles. The number of halogens is 4. The van der Waals surface area contributed by atoms with Crippen molar-refractivity contribution in [3.8, 4) is 61.6 Å². The van der Waals surface area contributed by atoms with Gasteiger partial charge in [-0.25, -0.2) is 0 Å². The summed E-state index contributed by atoms with van der Waals surface area (Å²) in [4.78, 5) is 15.8. The third-order valence-electron chi connectivity index (χ3n) is 8.32. The Labute approximate surface area is 360 Å². The van der Waals surface area contributed by atoms with Crippen molar-refractivity contribution in [2.45, 2.75) is 73.8 Å². The predicted octanol–water partition coefficient (Wildman–Crippen LogP) is 7.92. The molecular formula is C40H36I4N4O4. The zero-order valence-corrected chi connectivity index (χ0v) is 36.6. The second-order valence-corrected chi connectivity index (χ2v) is 14.1. The SMILES string of the molecule is OC1(C#CI)CCC(O)(C#CI)CC1.OC1(C#CI)CCC(O)(C#CI)CC1.c1cc(-c2ccncc2)ccn1.c1cc(-c2ccncc2)ccn1. The fourth-order valence-corrected chi connectivity index (χ4v) is 7.19. The summed E-state index contributed by atoms with van der Waals surface area (Å²) < 4.78 is 10.8. The summed E-state index contributed by atoms with van der Waals surface area (Å²) in [5, 5.41) is 39.7. The molecule has 4 aromatic rings. The Hall–Kier alpha value is -2.40. The molecule has 0 radical (unpaired) electrons. The minimum atomic E-state index is -0.916. The Morgan fingerprint density at radius 2 is 0.500 bits per heavy atom. The van der Waals surface area contributed by atoms with Crippen LogP contribution in [0.4, 0.5) is 0 Å². The second-order valence-electron chi connectivity index (χ2n) is 11.9. The Morgan fingerprint density at radius 1 is 0.346 bits per heavy atom. The molecule has 2 saturated carbocycles. The van der Waals surface area contributed by atoms with Gasteiger partial charge in [-0.05, 0) is 138 Å². The lowest BCUT2D eigenvalue weighted by Crippen LogP contribution is -2.41. The van der Waals surface area contributed by atoms with Crippen LogP contribution in [0.3, 0.4) is 0 Å². The number of nitrogens with zero attached hydrogens (tertiary/aromatic N) is 4. The molecule has 0 atom stereocenters. The van der Waals surface area contributed by atoms with Gasteiger partial charge in [-0.3, -0.25) is 19.9 Å². The van der Waals surface area contributed by atoms with Gasteiger partial charge in [-0.2, -0.15) is 0 Å². The average Bonchev–Trinajstić information content (AvgIpc) is 3.17. The molecule has 2 aliphatic rings. The molecule has 0 unspecified atom stereocenters. The third-order valence-corrected chi connectivity index (χ3v) is 9.40. The van der Waals surface area contributed by atoms with E-state index < -0.39 is 22.4 Å². The first-order chi connectivity index (χ1) is 25.0. The van der Waals surface area contributed by atoms with Gasteiger partial charge >= 0.3 is 0 Å². The molecule has 0 spiro atoms. The number of aliphatic hydroxyl groups is 4. The van der Waals surface area contributed by atoms with E-state index in [0.717, 1.165) is 0 Å². The number of aromatic nitrogens is 4. The van der Waals surface area contributed by atoms with Gasteiger partial charge in [0.25, 0.3) is 0 Å². The van der Waals surface area contributed by atoms with Crippen molar-refractivity contribution in [3.05, 3.63) is 98.1 Å². The van der Waals surface area contributed by atoms with Crippen molar-refractivity contribution in [2.24, 2.45) is 0 Å². The highest BCUT2D eigenvalue weighted by atomic mass is 127.